The average molecular weight is 254 g/mol. The number of anilines is 1. The van der Waals surface area contributed by atoms with Crippen LogP contribution in [-0.4, -0.2) is 23.8 Å². The number of nitrogens with two attached hydrogens (primary N) is 1. The van der Waals surface area contributed by atoms with E-state index in [2.05, 4.69) is 23.6 Å². The van der Waals surface area contributed by atoms with E-state index < -0.39 is 5.97 Å². The molecule has 0 atom stereocenters. The lowest BCUT2D eigenvalue weighted by Crippen LogP contribution is -2.06. The Labute approximate surface area is 106 Å². The third-order valence-electron chi connectivity index (χ3n) is 2.26. The number of nitrogen functional groups attached to an aromatic ring is 1. The molecular weight excluding hydrogens is 236 g/mol. The maximum Gasteiger partial charge on any atom is 0.340 e. The first-order valence-electron chi connectivity index (χ1n) is 5.51. The van der Waals surface area contributed by atoms with Crippen LogP contribution in [0.2, 0.25) is 0 Å². The molecule has 0 saturated carbocycles. The van der Waals surface area contributed by atoms with E-state index in [0.29, 0.717) is 17.2 Å². The molecule has 4 nitrogen and oxygen atoms in total. The van der Waals surface area contributed by atoms with Crippen LogP contribution in [-0.2, 0) is 4.74 Å². The smallest absolute Gasteiger partial charge is 0.340 e. The summed E-state index contributed by atoms with van der Waals surface area (Å²) in [5.41, 5.74) is 6.41. The van der Waals surface area contributed by atoms with Crippen molar-refractivity contribution < 1.29 is 9.53 Å². The van der Waals surface area contributed by atoms with Crippen LogP contribution in [0.4, 0.5) is 5.69 Å². The lowest BCUT2D eigenvalue weighted by molar-refractivity contribution is 0.0601. The summed E-state index contributed by atoms with van der Waals surface area (Å²) in [6, 6.07) is 1.69. The quantitative estimate of drug-likeness (QED) is 0.646. The largest absolute Gasteiger partial charge is 0.465 e. The molecule has 0 aliphatic heterocycles. The van der Waals surface area contributed by atoms with E-state index >= 15 is 0 Å². The third-order valence-corrected chi connectivity index (χ3v) is 3.22. The van der Waals surface area contributed by atoms with Gasteiger partial charge in [0.15, 0.2) is 0 Å². The molecule has 0 amide bonds. The van der Waals surface area contributed by atoms with E-state index in [9.17, 15) is 4.79 Å². The van der Waals surface area contributed by atoms with Gasteiger partial charge in [0.25, 0.3) is 0 Å². The monoisotopic (exact) mass is 254 g/mol. The molecule has 1 rings (SSSR count). The summed E-state index contributed by atoms with van der Waals surface area (Å²) < 4.78 is 4.66. The van der Waals surface area contributed by atoms with E-state index in [0.717, 1.165) is 17.2 Å². The second-order valence-electron chi connectivity index (χ2n) is 4.13. The number of ether oxygens (including phenoxy) is 1. The topological polar surface area (TPSA) is 65.2 Å². The van der Waals surface area contributed by atoms with Crippen LogP contribution < -0.4 is 5.73 Å². The SMILES string of the molecule is COC(=O)c1cc(SCCC(C)C)ncc1N. The lowest BCUT2D eigenvalue weighted by Gasteiger charge is -2.07. The standard InChI is InChI=1S/C12H18N2O2S/c1-8(2)4-5-17-11-6-9(12(15)16-3)10(13)7-14-11/h6-8H,4-5,13H2,1-3H3. The van der Waals surface area contributed by atoms with Crippen molar-refractivity contribution in [1.29, 1.82) is 0 Å². The molecule has 0 unspecified atom stereocenters. The van der Waals surface area contributed by atoms with E-state index in [1.165, 1.54) is 13.3 Å². The fourth-order valence-electron chi connectivity index (χ4n) is 1.21. The first-order chi connectivity index (χ1) is 8.04. The molecular formula is C12H18N2O2S. The van der Waals surface area contributed by atoms with Crippen LogP contribution in [0.3, 0.4) is 0 Å². The first kappa shape index (κ1) is 13.8. The second-order valence-corrected chi connectivity index (χ2v) is 5.25. The van der Waals surface area contributed by atoms with Crippen molar-refractivity contribution in [2.75, 3.05) is 18.6 Å². The number of methoxy groups -OCH3 is 1. The molecule has 1 heterocycles. The molecule has 1 aromatic rings. The predicted octanol–water partition coefficient (Wildman–Crippen LogP) is 2.59. The number of aromatic nitrogens is 1. The van der Waals surface area contributed by atoms with Gasteiger partial charge in [0.2, 0.25) is 0 Å². The van der Waals surface area contributed by atoms with E-state index in [1.54, 1.807) is 17.8 Å². The maximum atomic E-state index is 11.4. The number of hydrogen-bond donors (Lipinski definition) is 1. The molecule has 94 valence electrons. The van der Waals surface area contributed by atoms with Crippen molar-refractivity contribution >= 4 is 23.4 Å². The van der Waals surface area contributed by atoms with Gasteiger partial charge in [-0.05, 0) is 24.2 Å². The predicted molar refractivity (Wildman–Crippen MR) is 70.2 cm³/mol. The van der Waals surface area contributed by atoms with Gasteiger partial charge in [-0.3, -0.25) is 0 Å². The van der Waals surface area contributed by atoms with Gasteiger partial charge in [-0.15, -0.1) is 11.8 Å². The van der Waals surface area contributed by atoms with Gasteiger partial charge in [-0.25, -0.2) is 9.78 Å². The summed E-state index contributed by atoms with van der Waals surface area (Å²) in [5.74, 6) is 1.22. The lowest BCUT2D eigenvalue weighted by atomic mass is 10.2. The Balaban J connectivity index is 2.71. The van der Waals surface area contributed by atoms with Crippen molar-refractivity contribution in [2.24, 2.45) is 5.92 Å². The summed E-state index contributed by atoms with van der Waals surface area (Å²) >= 11 is 1.63. The van der Waals surface area contributed by atoms with Gasteiger partial charge < -0.3 is 10.5 Å². The molecule has 0 radical (unpaired) electrons. The minimum atomic E-state index is -0.421. The fraction of sp³-hybridized carbons (Fsp3) is 0.500. The zero-order valence-corrected chi connectivity index (χ0v) is 11.2. The summed E-state index contributed by atoms with van der Waals surface area (Å²) in [6.07, 6.45) is 2.62. The van der Waals surface area contributed by atoms with Gasteiger partial charge in [0.1, 0.15) is 0 Å². The van der Waals surface area contributed by atoms with E-state index in [1.807, 2.05) is 0 Å². The Morgan fingerprint density at radius 2 is 2.29 bits per heavy atom. The summed E-state index contributed by atoms with van der Waals surface area (Å²) in [4.78, 5) is 15.6. The minimum absolute atomic E-state index is 0.352. The number of carbonyl (C=O) groups is 1. The highest BCUT2D eigenvalue weighted by atomic mass is 32.2. The Bertz CT molecular complexity index is 394. The van der Waals surface area contributed by atoms with Crippen LogP contribution in [0.25, 0.3) is 0 Å². The highest BCUT2D eigenvalue weighted by Crippen LogP contribution is 2.22. The zero-order chi connectivity index (χ0) is 12.8. The molecule has 0 aliphatic rings. The van der Waals surface area contributed by atoms with Crippen LogP contribution >= 0.6 is 11.8 Å². The Kier molecular flexibility index (Phi) is 5.28. The van der Waals surface area contributed by atoms with Crippen LogP contribution in [0.15, 0.2) is 17.3 Å². The number of rotatable bonds is 5. The van der Waals surface area contributed by atoms with Gasteiger partial charge in [-0.1, -0.05) is 13.8 Å². The van der Waals surface area contributed by atoms with Crippen molar-refractivity contribution in [2.45, 2.75) is 25.3 Å². The molecule has 2 N–H and O–H groups in total. The van der Waals surface area contributed by atoms with Crippen LogP contribution in [0.5, 0.6) is 0 Å². The number of hydrogen-bond acceptors (Lipinski definition) is 5. The van der Waals surface area contributed by atoms with Crippen molar-refractivity contribution in [3.63, 3.8) is 0 Å². The van der Waals surface area contributed by atoms with E-state index in [-0.39, 0.29) is 0 Å². The maximum absolute atomic E-state index is 11.4. The second kappa shape index (κ2) is 6.49. The molecule has 0 fully saturated rings. The Morgan fingerprint density at radius 3 is 2.88 bits per heavy atom. The summed E-state index contributed by atoms with van der Waals surface area (Å²) in [5, 5.41) is 0.806. The minimum Gasteiger partial charge on any atom is -0.465 e. The third kappa shape index (κ3) is 4.26. The van der Waals surface area contributed by atoms with Gasteiger partial charge >= 0.3 is 5.97 Å². The van der Waals surface area contributed by atoms with Gasteiger partial charge in [-0.2, -0.15) is 0 Å². The molecule has 1 aromatic heterocycles. The van der Waals surface area contributed by atoms with Gasteiger partial charge in [0, 0.05) is 0 Å². The molecule has 0 spiro atoms. The summed E-state index contributed by atoms with van der Waals surface area (Å²) in [6.45, 7) is 4.35. The summed E-state index contributed by atoms with van der Waals surface area (Å²) in [7, 11) is 1.34. The molecule has 17 heavy (non-hydrogen) atoms. The molecule has 0 aliphatic carbocycles. The molecule has 0 saturated heterocycles. The Hall–Kier alpha value is -1.23. The van der Waals surface area contributed by atoms with Crippen LogP contribution in [0.1, 0.15) is 30.6 Å². The highest BCUT2D eigenvalue weighted by Gasteiger charge is 2.11. The normalized spacial score (nSPS) is 10.6. The first-order valence-corrected chi connectivity index (χ1v) is 6.49. The number of carbonyl (C=O) groups excluding carboxylic acids is 1. The number of esters is 1. The zero-order valence-electron chi connectivity index (χ0n) is 10.4. The molecule has 0 aromatic carbocycles. The molecule has 0 bridgehead atoms. The number of thioether (sulfide) groups is 1. The van der Waals surface area contributed by atoms with Crippen molar-refractivity contribution in [3.8, 4) is 0 Å². The Morgan fingerprint density at radius 1 is 1.59 bits per heavy atom. The van der Waals surface area contributed by atoms with E-state index in [4.69, 9.17) is 5.73 Å². The van der Waals surface area contributed by atoms with Crippen molar-refractivity contribution in [1.82, 2.24) is 4.98 Å². The number of pyridine rings is 1. The van der Waals surface area contributed by atoms with Gasteiger partial charge in [0.05, 0.1) is 29.6 Å². The van der Waals surface area contributed by atoms with Crippen molar-refractivity contribution in [3.05, 3.63) is 17.8 Å². The number of nitrogens with zero attached hydrogens (tertiary/aromatic N) is 1. The average Bonchev–Trinajstić information content (AvgIpc) is 2.30. The van der Waals surface area contributed by atoms with Crippen LogP contribution in [0, 0.1) is 5.92 Å². The molecule has 5 heteroatoms. The fourth-order valence-corrected chi connectivity index (χ4v) is 2.34. The highest BCUT2D eigenvalue weighted by molar-refractivity contribution is 7.99.